The Hall–Kier alpha value is -0.880. The first-order valence-corrected chi connectivity index (χ1v) is 6.62. The number of carbonyl (C=O) groups is 1. The highest BCUT2D eigenvalue weighted by Gasteiger charge is 2.19. The van der Waals surface area contributed by atoms with Gasteiger partial charge in [0.2, 0.25) is 0 Å². The molecule has 2 heterocycles. The summed E-state index contributed by atoms with van der Waals surface area (Å²) in [6, 6.07) is 0. The highest BCUT2D eigenvalue weighted by atomic mass is 79.9. The smallest absolute Gasteiger partial charge is 0.273 e. The fraction of sp³-hybridized carbons (Fsp3) is 0.636. The molecule has 1 fully saturated rings. The molecule has 1 aromatic heterocycles. The molecule has 2 rings (SSSR count). The molecule has 0 saturated carbocycles. The van der Waals surface area contributed by atoms with Crippen molar-refractivity contribution < 1.29 is 9.53 Å². The molecule has 1 amide bonds. The van der Waals surface area contributed by atoms with E-state index in [2.05, 4.69) is 26.3 Å². The molecule has 0 aromatic carbocycles. The zero-order chi connectivity index (χ0) is 12.3. The van der Waals surface area contributed by atoms with Gasteiger partial charge in [-0.25, -0.2) is 0 Å². The summed E-state index contributed by atoms with van der Waals surface area (Å²) in [5.41, 5.74) is 0.435. The van der Waals surface area contributed by atoms with E-state index in [9.17, 15) is 4.79 Å². The topological polar surface area (TPSA) is 56.2 Å². The van der Waals surface area contributed by atoms with Crippen molar-refractivity contribution in [2.75, 3.05) is 13.2 Å². The lowest BCUT2D eigenvalue weighted by Crippen LogP contribution is -2.32. The molecule has 0 bridgehead atoms. The number of aryl methyl sites for hydroxylation is 1. The Morgan fingerprint density at radius 3 is 3.18 bits per heavy atom. The maximum atomic E-state index is 11.9. The number of hydrogen-bond acceptors (Lipinski definition) is 3. The second kappa shape index (κ2) is 5.64. The van der Waals surface area contributed by atoms with Crippen LogP contribution in [0.2, 0.25) is 0 Å². The number of rotatable bonds is 4. The Kier molecular flexibility index (Phi) is 4.17. The van der Waals surface area contributed by atoms with Crippen molar-refractivity contribution in [2.45, 2.75) is 32.4 Å². The minimum absolute atomic E-state index is 0.153. The summed E-state index contributed by atoms with van der Waals surface area (Å²) < 4.78 is 7.90. The lowest BCUT2D eigenvalue weighted by atomic mass is 10.2. The van der Waals surface area contributed by atoms with Gasteiger partial charge >= 0.3 is 0 Å². The number of ether oxygens (including phenoxy) is 1. The van der Waals surface area contributed by atoms with E-state index in [4.69, 9.17) is 4.74 Å². The van der Waals surface area contributed by atoms with Crippen LogP contribution in [-0.4, -0.2) is 34.9 Å². The molecule has 0 unspecified atom stereocenters. The van der Waals surface area contributed by atoms with Crippen molar-refractivity contribution in [3.63, 3.8) is 0 Å². The predicted octanol–water partition coefficient (Wildman–Crippen LogP) is 1.57. The monoisotopic (exact) mass is 301 g/mol. The average Bonchev–Trinajstić information content (AvgIpc) is 2.94. The summed E-state index contributed by atoms with van der Waals surface area (Å²) in [6.45, 7) is 4.09. The van der Waals surface area contributed by atoms with Crippen LogP contribution in [0.5, 0.6) is 0 Å². The van der Waals surface area contributed by atoms with Crippen molar-refractivity contribution in [2.24, 2.45) is 0 Å². The Morgan fingerprint density at radius 1 is 1.76 bits per heavy atom. The van der Waals surface area contributed by atoms with Crippen LogP contribution in [0.3, 0.4) is 0 Å². The SMILES string of the molecule is CCn1cc(Br)c(C(=O)NC[C@H]2CCCO2)n1. The molecule has 94 valence electrons. The molecular weight excluding hydrogens is 286 g/mol. The first-order chi connectivity index (χ1) is 8.20. The minimum atomic E-state index is -0.153. The zero-order valence-electron chi connectivity index (χ0n) is 9.78. The van der Waals surface area contributed by atoms with Gasteiger partial charge in [0.1, 0.15) is 0 Å². The van der Waals surface area contributed by atoms with Crippen molar-refractivity contribution in [1.82, 2.24) is 15.1 Å². The standard InChI is InChI=1S/C11H16BrN3O2/c1-2-15-7-9(12)10(14-15)11(16)13-6-8-4-3-5-17-8/h7-8H,2-6H2,1H3,(H,13,16)/t8-/m1/s1. The average molecular weight is 302 g/mol. The summed E-state index contributed by atoms with van der Waals surface area (Å²) in [4.78, 5) is 11.9. The van der Waals surface area contributed by atoms with E-state index in [1.54, 1.807) is 10.9 Å². The first-order valence-electron chi connectivity index (χ1n) is 5.83. The molecule has 0 spiro atoms. The number of aromatic nitrogens is 2. The van der Waals surface area contributed by atoms with Crippen molar-refractivity contribution in [3.8, 4) is 0 Å². The van der Waals surface area contributed by atoms with Gasteiger partial charge in [-0.05, 0) is 35.7 Å². The fourth-order valence-electron chi connectivity index (χ4n) is 1.81. The van der Waals surface area contributed by atoms with Crippen LogP contribution >= 0.6 is 15.9 Å². The van der Waals surface area contributed by atoms with Crippen LogP contribution in [0.1, 0.15) is 30.3 Å². The normalized spacial score (nSPS) is 19.5. The molecular formula is C11H16BrN3O2. The lowest BCUT2D eigenvalue weighted by molar-refractivity contribution is 0.0852. The molecule has 1 aliphatic rings. The van der Waals surface area contributed by atoms with Gasteiger partial charge < -0.3 is 10.1 Å². The van der Waals surface area contributed by atoms with Gasteiger partial charge in [0.05, 0.1) is 10.6 Å². The molecule has 6 heteroatoms. The third kappa shape index (κ3) is 3.07. The number of amides is 1. The van der Waals surface area contributed by atoms with E-state index in [1.165, 1.54) is 0 Å². The third-order valence-corrected chi connectivity index (χ3v) is 3.35. The van der Waals surface area contributed by atoms with Gasteiger partial charge in [-0.15, -0.1) is 0 Å². The van der Waals surface area contributed by atoms with E-state index in [-0.39, 0.29) is 12.0 Å². The van der Waals surface area contributed by atoms with Crippen LogP contribution in [0.25, 0.3) is 0 Å². The third-order valence-electron chi connectivity index (χ3n) is 2.77. The first kappa shape index (κ1) is 12.6. The largest absolute Gasteiger partial charge is 0.376 e. The molecule has 5 nitrogen and oxygen atoms in total. The Morgan fingerprint density at radius 2 is 2.59 bits per heavy atom. The predicted molar refractivity (Wildman–Crippen MR) is 66.9 cm³/mol. The Balaban J connectivity index is 1.91. The summed E-state index contributed by atoms with van der Waals surface area (Å²) in [6.07, 6.45) is 4.06. The van der Waals surface area contributed by atoms with Gasteiger partial charge in [-0.2, -0.15) is 5.10 Å². The molecule has 1 aliphatic heterocycles. The summed E-state index contributed by atoms with van der Waals surface area (Å²) in [7, 11) is 0. The maximum absolute atomic E-state index is 11.9. The molecule has 0 aliphatic carbocycles. The van der Waals surface area contributed by atoms with Crippen molar-refractivity contribution in [3.05, 3.63) is 16.4 Å². The lowest BCUT2D eigenvalue weighted by Gasteiger charge is -2.09. The van der Waals surface area contributed by atoms with Crippen LogP contribution < -0.4 is 5.32 Å². The van der Waals surface area contributed by atoms with Gasteiger partial charge in [-0.1, -0.05) is 0 Å². The van der Waals surface area contributed by atoms with E-state index >= 15 is 0 Å². The van der Waals surface area contributed by atoms with E-state index in [0.717, 1.165) is 30.5 Å². The highest BCUT2D eigenvalue weighted by Crippen LogP contribution is 2.15. The highest BCUT2D eigenvalue weighted by molar-refractivity contribution is 9.10. The van der Waals surface area contributed by atoms with Crippen molar-refractivity contribution in [1.29, 1.82) is 0 Å². The quantitative estimate of drug-likeness (QED) is 0.918. The molecule has 17 heavy (non-hydrogen) atoms. The Labute approximate surface area is 109 Å². The fourth-order valence-corrected chi connectivity index (χ4v) is 2.30. The number of nitrogens with zero attached hydrogens (tertiary/aromatic N) is 2. The molecule has 1 aromatic rings. The molecule has 0 radical (unpaired) electrons. The van der Waals surface area contributed by atoms with Gasteiger partial charge in [-0.3, -0.25) is 9.48 Å². The summed E-state index contributed by atoms with van der Waals surface area (Å²) >= 11 is 3.34. The number of halogens is 1. The van der Waals surface area contributed by atoms with Crippen LogP contribution in [0.15, 0.2) is 10.7 Å². The van der Waals surface area contributed by atoms with Gasteiger partial charge in [0.15, 0.2) is 5.69 Å². The van der Waals surface area contributed by atoms with E-state index in [1.807, 2.05) is 6.92 Å². The van der Waals surface area contributed by atoms with Crippen LogP contribution in [0.4, 0.5) is 0 Å². The molecule has 1 atom stereocenters. The Bertz CT molecular complexity index is 399. The summed E-state index contributed by atoms with van der Waals surface area (Å²) in [5, 5.41) is 7.04. The number of nitrogens with one attached hydrogen (secondary N) is 1. The van der Waals surface area contributed by atoms with Crippen LogP contribution in [0, 0.1) is 0 Å². The van der Waals surface area contributed by atoms with E-state index < -0.39 is 0 Å². The molecule has 1 N–H and O–H groups in total. The second-order valence-electron chi connectivity index (χ2n) is 4.03. The summed E-state index contributed by atoms with van der Waals surface area (Å²) in [5.74, 6) is -0.153. The number of carbonyl (C=O) groups excluding carboxylic acids is 1. The van der Waals surface area contributed by atoms with Crippen molar-refractivity contribution >= 4 is 21.8 Å². The van der Waals surface area contributed by atoms with Crippen LogP contribution in [-0.2, 0) is 11.3 Å². The van der Waals surface area contributed by atoms with Gasteiger partial charge in [0, 0.05) is 25.9 Å². The van der Waals surface area contributed by atoms with E-state index in [0.29, 0.717) is 12.2 Å². The number of hydrogen-bond donors (Lipinski definition) is 1. The van der Waals surface area contributed by atoms with Gasteiger partial charge in [0.25, 0.3) is 5.91 Å². The minimum Gasteiger partial charge on any atom is -0.376 e. The maximum Gasteiger partial charge on any atom is 0.273 e. The molecule has 1 saturated heterocycles. The zero-order valence-corrected chi connectivity index (χ0v) is 11.4. The second-order valence-corrected chi connectivity index (χ2v) is 4.88.